The molecule has 0 spiro atoms. The molecule has 1 aromatic rings. The molecule has 0 saturated heterocycles. The van der Waals surface area contributed by atoms with Gasteiger partial charge in [-0.05, 0) is 25.1 Å². The van der Waals surface area contributed by atoms with Crippen molar-refractivity contribution in [3.63, 3.8) is 0 Å². The molecule has 0 aromatic heterocycles. The third-order valence-electron chi connectivity index (χ3n) is 2.31. The average Bonchev–Trinajstić information content (AvgIpc) is 2.49. The molecule has 1 aliphatic rings. The van der Waals surface area contributed by atoms with E-state index >= 15 is 0 Å². The van der Waals surface area contributed by atoms with Crippen LogP contribution in [0.2, 0.25) is 0 Å². The fourth-order valence-electron chi connectivity index (χ4n) is 1.74. The molecule has 0 bridgehead atoms. The maximum Gasteiger partial charge on any atom is 0.130 e. The van der Waals surface area contributed by atoms with Gasteiger partial charge in [0.25, 0.3) is 0 Å². The van der Waals surface area contributed by atoms with Crippen LogP contribution >= 0.6 is 0 Å². The summed E-state index contributed by atoms with van der Waals surface area (Å²) in [4.78, 5) is 0. The van der Waals surface area contributed by atoms with E-state index in [0.29, 0.717) is 0 Å². The molecular formula is C11H12FN. The van der Waals surface area contributed by atoms with Gasteiger partial charge in [-0.25, -0.2) is 4.39 Å². The molecule has 0 radical (unpaired) electrons. The molecule has 0 atom stereocenters. The number of fused-ring (bicyclic) bond motifs is 1. The van der Waals surface area contributed by atoms with Gasteiger partial charge in [-0.2, -0.15) is 0 Å². The zero-order chi connectivity index (χ0) is 9.26. The van der Waals surface area contributed by atoms with E-state index in [0.717, 1.165) is 24.1 Å². The Morgan fingerprint density at radius 3 is 3.00 bits per heavy atom. The van der Waals surface area contributed by atoms with Crippen molar-refractivity contribution in [1.29, 1.82) is 0 Å². The first kappa shape index (κ1) is 8.45. The number of hydrogen-bond acceptors (Lipinski definition) is 1. The van der Waals surface area contributed by atoms with Gasteiger partial charge in [0.2, 0.25) is 0 Å². The highest BCUT2D eigenvalue weighted by atomic mass is 19.1. The summed E-state index contributed by atoms with van der Waals surface area (Å²) in [5.74, 6) is -0.108. The minimum Gasteiger partial charge on any atom is -0.316 e. The normalized spacial score (nSPS) is 14.2. The van der Waals surface area contributed by atoms with E-state index in [4.69, 9.17) is 0 Å². The van der Waals surface area contributed by atoms with E-state index in [1.54, 1.807) is 6.07 Å². The average molecular weight is 177 g/mol. The van der Waals surface area contributed by atoms with Crippen LogP contribution in [0.25, 0.3) is 6.08 Å². The highest BCUT2D eigenvalue weighted by Gasteiger charge is 2.14. The molecule has 0 unspecified atom stereocenters. The molecule has 2 heteroatoms. The summed E-state index contributed by atoms with van der Waals surface area (Å²) < 4.78 is 13.2. The van der Waals surface area contributed by atoms with Gasteiger partial charge in [0.15, 0.2) is 0 Å². The van der Waals surface area contributed by atoms with Gasteiger partial charge in [-0.3, -0.25) is 0 Å². The molecule has 1 aromatic carbocycles. The Morgan fingerprint density at radius 1 is 1.46 bits per heavy atom. The highest BCUT2D eigenvalue weighted by molar-refractivity contribution is 5.64. The lowest BCUT2D eigenvalue weighted by Gasteiger charge is -1.99. The standard InChI is InChI=1S/C11H12FN/c1-13-7-8-5-9-3-2-4-11(12)10(9)6-8/h2-4,6,13H,5,7H2,1H3. The molecule has 1 N–H and O–H groups in total. The Bertz CT molecular complexity index is 355. The highest BCUT2D eigenvalue weighted by Crippen LogP contribution is 2.26. The van der Waals surface area contributed by atoms with Crippen molar-refractivity contribution in [2.24, 2.45) is 0 Å². The molecule has 0 saturated carbocycles. The lowest BCUT2D eigenvalue weighted by atomic mass is 10.1. The second-order valence-corrected chi connectivity index (χ2v) is 3.32. The zero-order valence-corrected chi connectivity index (χ0v) is 7.60. The summed E-state index contributed by atoms with van der Waals surface area (Å²) in [7, 11) is 1.90. The molecule has 1 aliphatic carbocycles. The van der Waals surface area contributed by atoms with Crippen molar-refractivity contribution in [2.75, 3.05) is 13.6 Å². The molecule has 68 valence electrons. The van der Waals surface area contributed by atoms with Crippen LogP contribution in [-0.4, -0.2) is 13.6 Å². The summed E-state index contributed by atoms with van der Waals surface area (Å²) in [6, 6.07) is 5.26. The molecule has 1 nitrogen and oxygen atoms in total. The lowest BCUT2D eigenvalue weighted by Crippen LogP contribution is -2.09. The van der Waals surface area contributed by atoms with Crippen molar-refractivity contribution in [3.8, 4) is 0 Å². The Kier molecular flexibility index (Phi) is 2.15. The minimum atomic E-state index is -0.108. The number of halogens is 1. The van der Waals surface area contributed by atoms with Crippen LogP contribution < -0.4 is 5.32 Å². The maximum atomic E-state index is 13.2. The van der Waals surface area contributed by atoms with Crippen LogP contribution in [0.5, 0.6) is 0 Å². The van der Waals surface area contributed by atoms with E-state index in [1.807, 2.05) is 19.2 Å². The summed E-state index contributed by atoms with van der Waals surface area (Å²) in [5.41, 5.74) is 3.13. The number of hydrogen-bond donors (Lipinski definition) is 1. The third kappa shape index (κ3) is 1.49. The minimum absolute atomic E-state index is 0.108. The Hall–Kier alpha value is -1.15. The first-order chi connectivity index (χ1) is 6.31. The van der Waals surface area contributed by atoms with E-state index < -0.39 is 0 Å². The number of nitrogens with one attached hydrogen (secondary N) is 1. The molecular weight excluding hydrogens is 165 g/mol. The van der Waals surface area contributed by atoms with Crippen LogP contribution in [0.4, 0.5) is 4.39 Å². The van der Waals surface area contributed by atoms with Crippen LogP contribution in [-0.2, 0) is 6.42 Å². The van der Waals surface area contributed by atoms with Crippen LogP contribution in [0, 0.1) is 5.82 Å². The fourth-order valence-corrected chi connectivity index (χ4v) is 1.74. The largest absolute Gasteiger partial charge is 0.316 e. The summed E-state index contributed by atoms with van der Waals surface area (Å²) in [6.45, 7) is 0.841. The van der Waals surface area contributed by atoms with E-state index in [2.05, 4.69) is 5.32 Å². The van der Waals surface area contributed by atoms with Gasteiger partial charge < -0.3 is 5.32 Å². The smallest absolute Gasteiger partial charge is 0.130 e. The van der Waals surface area contributed by atoms with Crippen LogP contribution in [0.3, 0.4) is 0 Å². The van der Waals surface area contributed by atoms with Crippen molar-refractivity contribution < 1.29 is 4.39 Å². The van der Waals surface area contributed by atoms with Crippen molar-refractivity contribution in [1.82, 2.24) is 5.32 Å². The van der Waals surface area contributed by atoms with Gasteiger partial charge in [0, 0.05) is 12.1 Å². The monoisotopic (exact) mass is 177 g/mol. The van der Waals surface area contributed by atoms with Crippen molar-refractivity contribution in [2.45, 2.75) is 6.42 Å². The predicted molar refractivity (Wildman–Crippen MR) is 52.0 cm³/mol. The predicted octanol–water partition coefficient (Wildman–Crippen LogP) is 1.98. The maximum absolute atomic E-state index is 13.2. The molecule has 0 amide bonds. The third-order valence-corrected chi connectivity index (χ3v) is 2.31. The Morgan fingerprint density at radius 2 is 2.31 bits per heavy atom. The molecule has 2 rings (SSSR count). The first-order valence-corrected chi connectivity index (χ1v) is 4.42. The van der Waals surface area contributed by atoms with Crippen LogP contribution in [0.1, 0.15) is 11.1 Å². The van der Waals surface area contributed by atoms with Gasteiger partial charge in [-0.1, -0.05) is 23.8 Å². The van der Waals surface area contributed by atoms with Gasteiger partial charge in [0.1, 0.15) is 5.82 Å². The van der Waals surface area contributed by atoms with E-state index in [1.165, 1.54) is 11.6 Å². The Labute approximate surface area is 77.3 Å². The number of likely N-dealkylation sites (N-methyl/N-ethyl adjacent to an activating group) is 1. The molecule has 0 heterocycles. The van der Waals surface area contributed by atoms with Crippen molar-refractivity contribution in [3.05, 3.63) is 40.7 Å². The SMILES string of the molecule is CNCC1=Cc2c(F)cccc2C1. The van der Waals surface area contributed by atoms with Gasteiger partial charge >= 0.3 is 0 Å². The van der Waals surface area contributed by atoms with Gasteiger partial charge in [-0.15, -0.1) is 0 Å². The Balaban J connectivity index is 2.32. The quantitative estimate of drug-likeness (QED) is 0.728. The van der Waals surface area contributed by atoms with Crippen molar-refractivity contribution >= 4 is 6.08 Å². The molecule has 0 fully saturated rings. The second kappa shape index (κ2) is 3.30. The van der Waals surface area contributed by atoms with Gasteiger partial charge in [0.05, 0.1) is 0 Å². The lowest BCUT2D eigenvalue weighted by molar-refractivity contribution is 0.624. The molecule has 0 aliphatic heterocycles. The van der Waals surface area contributed by atoms with Crippen LogP contribution in [0.15, 0.2) is 23.8 Å². The fraction of sp³-hybridized carbons (Fsp3) is 0.273. The topological polar surface area (TPSA) is 12.0 Å². The second-order valence-electron chi connectivity index (χ2n) is 3.32. The summed E-state index contributed by atoms with van der Waals surface area (Å²) >= 11 is 0. The van der Waals surface area contributed by atoms with E-state index in [9.17, 15) is 4.39 Å². The number of benzene rings is 1. The zero-order valence-electron chi connectivity index (χ0n) is 7.60. The van der Waals surface area contributed by atoms with E-state index in [-0.39, 0.29) is 5.82 Å². The molecule has 13 heavy (non-hydrogen) atoms. The first-order valence-electron chi connectivity index (χ1n) is 4.42. The summed E-state index contributed by atoms with van der Waals surface area (Å²) in [6.07, 6.45) is 2.83. The number of rotatable bonds is 2. The summed E-state index contributed by atoms with van der Waals surface area (Å²) in [5, 5.41) is 3.07.